The lowest BCUT2D eigenvalue weighted by molar-refractivity contribution is -0.117. The predicted octanol–water partition coefficient (Wildman–Crippen LogP) is 1.54. The van der Waals surface area contributed by atoms with Gasteiger partial charge in [0.15, 0.2) is 0 Å². The van der Waals surface area contributed by atoms with Crippen LogP contribution in [0.5, 0.6) is 11.5 Å². The third-order valence-electron chi connectivity index (χ3n) is 2.34. The molecule has 1 amide bonds. The number of amides is 1. The van der Waals surface area contributed by atoms with E-state index in [1.54, 1.807) is 18.2 Å². The van der Waals surface area contributed by atoms with Crippen LogP contribution in [0.4, 0.5) is 0 Å². The Morgan fingerprint density at radius 3 is 2.44 bits per heavy atom. The highest BCUT2D eigenvalue weighted by Crippen LogP contribution is 2.22. The smallest absolute Gasteiger partial charge is 0.248 e. The molecule has 0 aliphatic rings. The highest BCUT2D eigenvalue weighted by Gasteiger charge is 2.06. The molecule has 18 heavy (non-hydrogen) atoms. The summed E-state index contributed by atoms with van der Waals surface area (Å²) in [6.45, 7) is 1.95. The van der Waals surface area contributed by atoms with E-state index in [0.29, 0.717) is 36.5 Å². The van der Waals surface area contributed by atoms with Crippen molar-refractivity contribution >= 4 is 11.7 Å². The van der Waals surface area contributed by atoms with Crippen molar-refractivity contribution in [2.75, 3.05) is 13.7 Å². The second kappa shape index (κ2) is 6.64. The maximum absolute atomic E-state index is 11.1. The molecule has 1 aromatic carbocycles. The van der Waals surface area contributed by atoms with Gasteiger partial charge in [-0.15, -0.1) is 0 Å². The lowest BCUT2D eigenvalue weighted by atomic mass is 10.2. The molecule has 0 heterocycles. The summed E-state index contributed by atoms with van der Waals surface area (Å²) in [5.41, 5.74) is 5.54. The van der Waals surface area contributed by atoms with Crippen molar-refractivity contribution in [1.82, 2.24) is 0 Å². The van der Waals surface area contributed by atoms with Gasteiger partial charge in [-0.25, -0.2) is 0 Å². The SMILES string of the molecule is COc1cc(OCCCC(C)=O)cc(C(N)=O)c1. The number of hydrogen-bond donors (Lipinski definition) is 1. The van der Waals surface area contributed by atoms with Gasteiger partial charge in [-0.1, -0.05) is 0 Å². The molecule has 2 N–H and O–H groups in total. The Balaban J connectivity index is 2.66. The molecule has 0 saturated carbocycles. The first-order chi connectivity index (χ1) is 8.52. The Morgan fingerprint density at radius 1 is 1.22 bits per heavy atom. The number of rotatable bonds is 7. The number of carbonyl (C=O) groups excluding carboxylic acids is 2. The summed E-state index contributed by atoms with van der Waals surface area (Å²) in [6, 6.07) is 4.77. The number of ketones is 1. The fourth-order valence-corrected chi connectivity index (χ4v) is 1.43. The van der Waals surface area contributed by atoms with Crippen LogP contribution >= 0.6 is 0 Å². The van der Waals surface area contributed by atoms with E-state index in [4.69, 9.17) is 15.2 Å². The molecular formula is C13H17NO4. The van der Waals surface area contributed by atoms with Gasteiger partial charge in [0, 0.05) is 18.1 Å². The van der Waals surface area contributed by atoms with E-state index in [1.807, 2.05) is 0 Å². The zero-order chi connectivity index (χ0) is 13.5. The van der Waals surface area contributed by atoms with Gasteiger partial charge in [0.05, 0.1) is 13.7 Å². The number of ether oxygens (including phenoxy) is 2. The molecule has 0 aliphatic carbocycles. The fraction of sp³-hybridized carbons (Fsp3) is 0.385. The van der Waals surface area contributed by atoms with E-state index >= 15 is 0 Å². The van der Waals surface area contributed by atoms with Gasteiger partial charge in [-0.3, -0.25) is 4.79 Å². The predicted molar refractivity (Wildman–Crippen MR) is 66.9 cm³/mol. The molecule has 0 atom stereocenters. The zero-order valence-corrected chi connectivity index (χ0v) is 10.6. The van der Waals surface area contributed by atoms with E-state index < -0.39 is 5.91 Å². The number of carbonyl (C=O) groups is 2. The van der Waals surface area contributed by atoms with E-state index in [9.17, 15) is 9.59 Å². The minimum absolute atomic E-state index is 0.127. The summed E-state index contributed by atoms with van der Waals surface area (Å²) in [4.78, 5) is 21.9. The molecule has 0 saturated heterocycles. The van der Waals surface area contributed by atoms with Gasteiger partial charge in [0.2, 0.25) is 5.91 Å². The van der Waals surface area contributed by atoms with Gasteiger partial charge in [-0.05, 0) is 25.5 Å². The summed E-state index contributed by atoms with van der Waals surface area (Å²) in [5, 5.41) is 0. The van der Waals surface area contributed by atoms with Crippen molar-refractivity contribution in [3.05, 3.63) is 23.8 Å². The molecule has 0 radical (unpaired) electrons. The van der Waals surface area contributed by atoms with Crippen LogP contribution in [0, 0.1) is 0 Å². The number of hydrogen-bond acceptors (Lipinski definition) is 4. The maximum Gasteiger partial charge on any atom is 0.248 e. The molecule has 0 fully saturated rings. The van der Waals surface area contributed by atoms with E-state index in [-0.39, 0.29) is 5.78 Å². The van der Waals surface area contributed by atoms with Gasteiger partial charge < -0.3 is 20.0 Å². The second-order valence-electron chi connectivity index (χ2n) is 3.92. The summed E-state index contributed by atoms with van der Waals surface area (Å²) in [6.07, 6.45) is 1.12. The highest BCUT2D eigenvalue weighted by molar-refractivity contribution is 5.93. The van der Waals surface area contributed by atoms with Gasteiger partial charge in [-0.2, -0.15) is 0 Å². The van der Waals surface area contributed by atoms with Crippen LogP contribution in [0.25, 0.3) is 0 Å². The van der Waals surface area contributed by atoms with Crippen molar-refractivity contribution in [2.24, 2.45) is 5.73 Å². The summed E-state index contributed by atoms with van der Waals surface area (Å²) >= 11 is 0. The molecule has 1 rings (SSSR count). The standard InChI is InChI=1S/C13H17NO4/c1-9(15)4-3-5-18-12-7-10(13(14)16)6-11(8-12)17-2/h6-8H,3-5H2,1-2H3,(H2,14,16). The van der Waals surface area contributed by atoms with Crippen molar-refractivity contribution < 1.29 is 19.1 Å². The molecule has 1 aromatic rings. The molecule has 0 spiro atoms. The molecule has 5 nitrogen and oxygen atoms in total. The van der Waals surface area contributed by atoms with Gasteiger partial charge in [0.1, 0.15) is 17.3 Å². The van der Waals surface area contributed by atoms with Crippen LogP contribution in [0.1, 0.15) is 30.1 Å². The summed E-state index contributed by atoms with van der Waals surface area (Å²) < 4.78 is 10.5. The zero-order valence-electron chi connectivity index (χ0n) is 10.6. The molecule has 5 heteroatoms. The topological polar surface area (TPSA) is 78.6 Å². The van der Waals surface area contributed by atoms with Gasteiger partial charge >= 0.3 is 0 Å². The lowest BCUT2D eigenvalue weighted by Crippen LogP contribution is -2.11. The van der Waals surface area contributed by atoms with Crippen molar-refractivity contribution in [1.29, 1.82) is 0 Å². The highest BCUT2D eigenvalue weighted by atomic mass is 16.5. The molecule has 98 valence electrons. The van der Waals surface area contributed by atoms with Crippen LogP contribution in [-0.4, -0.2) is 25.4 Å². The quantitative estimate of drug-likeness (QED) is 0.745. The third kappa shape index (κ3) is 4.45. The average molecular weight is 251 g/mol. The summed E-state index contributed by atoms with van der Waals surface area (Å²) in [5.74, 6) is 0.601. The number of Topliss-reactive ketones (excluding diaryl/α,β-unsaturated/α-hetero) is 1. The second-order valence-corrected chi connectivity index (χ2v) is 3.92. The Kier molecular flexibility index (Phi) is 5.17. The number of nitrogens with two attached hydrogens (primary N) is 1. The first-order valence-corrected chi connectivity index (χ1v) is 5.64. The van der Waals surface area contributed by atoms with Crippen LogP contribution in [0.2, 0.25) is 0 Å². The number of benzene rings is 1. The van der Waals surface area contributed by atoms with Crippen LogP contribution in [0.3, 0.4) is 0 Å². The average Bonchev–Trinajstić information content (AvgIpc) is 2.34. The number of methoxy groups -OCH3 is 1. The monoisotopic (exact) mass is 251 g/mol. The Labute approximate surface area is 106 Å². The fourth-order valence-electron chi connectivity index (χ4n) is 1.43. The van der Waals surface area contributed by atoms with Crippen LogP contribution in [-0.2, 0) is 4.79 Å². The van der Waals surface area contributed by atoms with Crippen LogP contribution < -0.4 is 15.2 Å². The minimum Gasteiger partial charge on any atom is -0.497 e. The Bertz CT molecular complexity index is 443. The lowest BCUT2D eigenvalue weighted by Gasteiger charge is -2.09. The number of primary amides is 1. The van der Waals surface area contributed by atoms with E-state index in [0.717, 1.165) is 0 Å². The first kappa shape index (κ1) is 14.0. The van der Waals surface area contributed by atoms with Gasteiger partial charge in [0.25, 0.3) is 0 Å². The molecule has 0 bridgehead atoms. The largest absolute Gasteiger partial charge is 0.497 e. The van der Waals surface area contributed by atoms with Crippen molar-refractivity contribution in [2.45, 2.75) is 19.8 Å². The molecule has 0 unspecified atom stereocenters. The van der Waals surface area contributed by atoms with E-state index in [2.05, 4.69) is 0 Å². The van der Waals surface area contributed by atoms with Crippen LogP contribution in [0.15, 0.2) is 18.2 Å². The molecule has 0 aliphatic heterocycles. The maximum atomic E-state index is 11.1. The van der Waals surface area contributed by atoms with E-state index in [1.165, 1.54) is 14.0 Å². The third-order valence-corrected chi connectivity index (χ3v) is 2.34. The summed E-state index contributed by atoms with van der Waals surface area (Å²) in [7, 11) is 1.50. The van der Waals surface area contributed by atoms with Crippen molar-refractivity contribution in [3.63, 3.8) is 0 Å². The minimum atomic E-state index is -0.539. The van der Waals surface area contributed by atoms with Crippen molar-refractivity contribution in [3.8, 4) is 11.5 Å². The Morgan fingerprint density at radius 2 is 1.89 bits per heavy atom. The first-order valence-electron chi connectivity index (χ1n) is 5.64. The Hall–Kier alpha value is -2.04. The normalized spacial score (nSPS) is 9.89. The molecular weight excluding hydrogens is 234 g/mol. The molecule has 0 aromatic heterocycles.